The highest BCUT2D eigenvalue weighted by Gasteiger charge is 2.14. The summed E-state index contributed by atoms with van der Waals surface area (Å²) in [6.07, 6.45) is 1.15. The van der Waals surface area contributed by atoms with Crippen molar-refractivity contribution in [3.8, 4) is 17.2 Å². The van der Waals surface area contributed by atoms with E-state index in [0.29, 0.717) is 11.5 Å². The molecule has 0 bridgehead atoms. The van der Waals surface area contributed by atoms with Gasteiger partial charge in [-0.05, 0) is 68.4 Å². The summed E-state index contributed by atoms with van der Waals surface area (Å²) in [5.74, 6) is -0.193. The van der Waals surface area contributed by atoms with Crippen molar-refractivity contribution in [1.29, 1.82) is 0 Å². The van der Waals surface area contributed by atoms with Crippen molar-refractivity contribution in [2.24, 2.45) is 10.8 Å². The van der Waals surface area contributed by atoms with E-state index in [0.717, 1.165) is 23.3 Å². The smallest absolute Gasteiger partial charge is 0.307 e. The minimum absolute atomic E-state index is 0.0103. The van der Waals surface area contributed by atoms with Gasteiger partial charge in [0.2, 0.25) is 0 Å². The van der Waals surface area contributed by atoms with E-state index in [2.05, 4.69) is 27.2 Å². The SMILES string of the molecule is Cc1ccc(C)n1-c1ccc(OCc2ccc(C(=O)N/N=C/c3cc([N+](=O)[O-])ccc3OCC(N)=O)o2)cc1. The quantitative estimate of drug-likeness (QED) is 0.169. The number of rotatable bonds is 11. The third-order valence-electron chi connectivity index (χ3n) is 5.58. The minimum Gasteiger partial charge on any atom is -0.486 e. The number of aromatic nitrogens is 1. The number of amides is 2. The van der Waals surface area contributed by atoms with Gasteiger partial charge in [0.1, 0.15) is 23.9 Å². The maximum absolute atomic E-state index is 12.4. The number of hydrogen-bond donors (Lipinski definition) is 2. The zero-order valence-corrected chi connectivity index (χ0v) is 21.1. The normalized spacial score (nSPS) is 10.9. The van der Waals surface area contributed by atoms with Gasteiger partial charge in [-0.1, -0.05) is 0 Å². The van der Waals surface area contributed by atoms with E-state index in [9.17, 15) is 19.7 Å². The Kier molecular flexibility index (Phi) is 8.05. The molecule has 39 heavy (non-hydrogen) atoms. The topological polar surface area (TPSA) is 164 Å². The highest BCUT2D eigenvalue weighted by Crippen LogP contribution is 2.23. The van der Waals surface area contributed by atoms with E-state index in [1.165, 1.54) is 24.3 Å². The Morgan fingerprint density at radius 3 is 2.44 bits per heavy atom. The van der Waals surface area contributed by atoms with Crippen molar-refractivity contribution in [3.63, 3.8) is 0 Å². The molecule has 2 aromatic carbocycles. The largest absolute Gasteiger partial charge is 0.486 e. The Morgan fingerprint density at radius 2 is 1.77 bits per heavy atom. The molecule has 0 saturated heterocycles. The third-order valence-corrected chi connectivity index (χ3v) is 5.58. The van der Waals surface area contributed by atoms with Crippen molar-refractivity contribution in [2.75, 3.05) is 6.61 Å². The summed E-state index contributed by atoms with van der Waals surface area (Å²) in [7, 11) is 0. The van der Waals surface area contributed by atoms with Crippen molar-refractivity contribution >= 4 is 23.7 Å². The van der Waals surface area contributed by atoms with Gasteiger partial charge in [0.05, 0.1) is 11.1 Å². The second-order valence-electron chi connectivity index (χ2n) is 8.43. The number of carbonyl (C=O) groups excluding carboxylic acids is 2. The zero-order chi connectivity index (χ0) is 27.9. The molecule has 12 nitrogen and oxygen atoms in total. The number of nitrogens with one attached hydrogen (secondary N) is 1. The highest BCUT2D eigenvalue weighted by molar-refractivity contribution is 5.93. The first-order valence-corrected chi connectivity index (χ1v) is 11.7. The van der Waals surface area contributed by atoms with Crippen LogP contribution in [0.3, 0.4) is 0 Å². The van der Waals surface area contributed by atoms with Gasteiger partial charge in [-0.15, -0.1) is 0 Å². The molecule has 0 atom stereocenters. The number of hydrazone groups is 1. The van der Waals surface area contributed by atoms with Crippen LogP contribution in [0.2, 0.25) is 0 Å². The molecule has 0 aliphatic rings. The average molecular weight is 532 g/mol. The molecule has 12 heteroatoms. The Balaban J connectivity index is 1.35. The Morgan fingerprint density at radius 1 is 1.05 bits per heavy atom. The van der Waals surface area contributed by atoms with Crippen LogP contribution < -0.4 is 20.6 Å². The number of carbonyl (C=O) groups is 2. The number of aryl methyl sites for hydroxylation is 2. The van der Waals surface area contributed by atoms with Crippen molar-refractivity contribution in [2.45, 2.75) is 20.5 Å². The molecule has 2 aromatic heterocycles. The fourth-order valence-corrected chi connectivity index (χ4v) is 3.75. The van der Waals surface area contributed by atoms with Crippen LogP contribution in [0.4, 0.5) is 5.69 Å². The summed E-state index contributed by atoms with van der Waals surface area (Å²) in [6.45, 7) is 3.75. The molecule has 0 radical (unpaired) electrons. The van der Waals surface area contributed by atoms with Crippen molar-refractivity contribution in [3.05, 3.63) is 105 Å². The maximum Gasteiger partial charge on any atom is 0.307 e. The first-order valence-electron chi connectivity index (χ1n) is 11.7. The molecule has 4 aromatic rings. The molecule has 0 unspecified atom stereocenters. The number of non-ortho nitro benzene ring substituents is 1. The number of nitro benzene ring substituents is 1. The predicted octanol–water partition coefficient (Wildman–Crippen LogP) is 3.80. The van der Waals surface area contributed by atoms with Gasteiger partial charge in [-0.3, -0.25) is 19.7 Å². The van der Waals surface area contributed by atoms with Crippen LogP contribution in [0.1, 0.15) is 33.3 Å². The molecule has 0 aliphatic carbocycles. The molecule has 3 N–H and O–H groups in total. The van der Waals surface area contributed by atoms with Gasteiger partial charge in [-0.25, -0.2) is 5.43 Å². The predicted molar refractivity (Wildman–Crippen MR) is 141 cm³/mol. The first-order chi connectivity index (χ1) is 18.7. The maximum atomic E-state index is 12.4. The van der Waals surface area contributed by atoms with Crippen LogP contribution in [-0.2, 0) is 11.4 Å². The molecule has 0 saturated carbocycles. The fraction of sp³-hybridized carbons (Fsp3) is 0.148. The molecule has 0 fully saturated rings. The van der Waals surface area contributed by atoms with E-state index < -0.39 is 23.3 Å². The van der Waals surface area contributed by atoms with Gasteiger partial charge in [0, 0.05) is 34.8 Å². The molecule has 2 heterocycles. The van der Waals surface area contributed by atoms with Crippen molar-refractivity contribution < 1.29 is 28.4 Å². The number of benzene rings is 2. The fourth-order valence-electron chi connectivity index (χ4n) is 3.75. The number of nitrogens with zero attached hydrogens (tertiary/aromatic N) is 3. The lowest BCUT2D eigenvalue weighted by atomic mass is 10.2. The molecule has 0 aliphatic heterocycles. The lowest BCUT2D eigenvalue weighted by Gasteiger charge is -2.10. The van der Waals surface area contributed by atoms with Gasteiger partial charge in [-0.2, -0.15) is 5.10 Å². The Bertz CT molecular complexity index is 1520. The van der Waals surface area contributed by atoms with E-state index >= 15 is 0 Å². The summed E-state index contributed by atoms with van der Waals surface area (Å²) < 4.78 is 18.7. The number of furan rings is 1. The van der Waals surface area contributed by atoms with Gasteiger partial charge >= 0.3 is 5.91 Å². The summed E-state index contributed by atoms with van der Waals surface area (Å²) in [5.41, 5.74) is 10.6. The van der Waals surface area contributed by atoms with E-state index in [1.807, 2.05) is 38.1 Å². The van der Waals surface area contributed by atoms with Crippen molar-refractivity contribution in [1.82, 2.24) is 9.99 Å². The van der Waals surface area contributed by atoms with Gasteiger partial charge in [0.25, 0.3) is 11.6 Å². The van der Waals surface area contributed by atoms with Crippen LogP contribution in [0, 0.1) is 24.0 Å². The summed E-state index contributed by atoms with van der Waals surface area (Å²) in [4.78, 5) is 33.9. The van der Waals surface area contributed by atoms with Crippen LogP contribution >= 0.6 is 0 Å². The molecule has 4 rings (SSSR count). The molecule has 2 amide bonds. The lowest BCUT2D eigenvalue weighted by molar-refractivity contribution is -0.384. The minimum atomic E-state index is -0.721. The second kappa shape index (κ2) is 11.8. The van der Waals surface area contributed by atoms with Crippen LogP contribution in [0.5, 0.6) is 11.5 Å². The standard InChI is InChI=1S/C27H25N5O7/c1-17-3-4-18(2)31(17)20-5-8-22(9-6-20)37-15-23-10-12-25(39-23)27(34)30-29-14-19-13-21(32(35)36)7-11-24(19)38-16-26(28)33/h3-14H,15-16H2,1-2H3,(H2,28,33)(H,30,34)/b29-14+. The van der Waals surface area contributed by atoms with Gasteiger partial charge < -0.3 is 24.2 Å². The van der Waals surface area contributed by atoms with Gasteiger partial charge in [0.15, 0.2) is 12.4 Å². The summed E-state index contributed by atoms with van der Waals surface area (Å²) in [6, 6.07) is 18.5. The average Bonchev–Trinajstić information content (AvgIpc) is 3.53. The van der Waals surface area contributed by atoms with E-state index in [1.54, 1.807) is 6.07 Å². The third kappa shape index (κ3) is 6.68. The summed E-state index contributed by atoms with van der Waals surface area (Å²) >= 11 is 0. The van der Waals surface area contributed by atoms with Crippen LogP contribution in [-0.4, -0.2) is 34.1 Å². The lowest BCUT2D eigenvalue weighted by Crippen LogP contribution is -2.20. The highest BCUT2D eigenvalue weighted by atomic mass is 16.6. The number of nitrogens with two attached hydrogens (primary N) is 1. The number of primary amides is 1. The second-order valence-corrected chi connectivity index (χ2v) is 8.43. The Labute approximate surface area is 222 Å². The van der Waals surface area contributed by atoms with E-state index in [-0.39, 0.29) is 29.4 Å². The first kappa shape index (κ1) is 26.7. The zero-order valence-electron chi connectivity index (χ0n) is 21.1. The number of hydrogen-bond acceptors (Lipinski definition) is 8. The number of ether oxygens (including phenoxy) is 2. The molecule has 200 valence electrons. The molecule has 0 spiro atoms. The monoisotopic (exact) mass is 531 g/mol. The number of nitro groups is 1. The van der Waals surface area contributed by atoms with Crippen LogP contribution in [0.15, 0.2) is 76.2 Å². The molecular formula is C27H25N5O7. The summed E-state index contributed by atoms with van der Waals surface area (Å²) in [5, 5.41) is 14.9. The molecular weight excluding hydrogens is 506 g/mol. The Hall–Kier alpha value is -5.39. The van der Waals surface area contributed by atoms with Crippen LogP contribution in [0.25, 0.3) is 5.69 Å². The van der Waals surface area contributed by atoms with E-state index in [4.69, 9.17) is 19.6 Å².